The van der Waals surface area contributed by atoms with Crippen LogP contribution in [0, 0.1) is 0 Å². The number of phosphoric acid groups is 1. The predicted molar refractivity (Wildman–Crippen MR) is 300 cm³/mol. The number of allylic oxidation sites excluding steroid dienone is 9. The highest BCUT2D eigenvalue weighted by Crippen LogP contribution is 2.43. The molecule has 0 aromatic carbocycles. The minimum Gasteiger partial charge on any atom is -0.387 e. The third kappa shape index (κ3) is 53.8. The average Bonchev–Trinajstić information content (AvgIpc) is 3.31. The van der Waals surface area contributed by atoms with Crippen LogP contribution in [0.15, 0.2) is 60.8 Å². The van der Waals surface area contributed by atoms with Crippen molar-refractivity contribution in [2.75, 3.05) is 40.9 Å². The Morgan fingerprint density at radius 2 is 0.841 bits per heavy atom. The summed E-state index contributed by atoms with van der Waals surface area (Å²) in [5.74, 6) is -0.186. The fourth-order valence-corrected chi connectivity index (χ4v) is 9.10. The summed E-state index contributed by atoms with van der Waals surface area (Å²) in [6.07, 6.45) is 69.0. The monoisotopic (exact) mass is 990 g/mol. The standard InChI is InChI=1S/C60H113N2O6P/c1-6-8-10-12-14-16-18-20-22-24-25-26-27-28-29-30-31-32-33-34-35-36-37-38-40-42-44-46-48-50-52-54-60(64)61-58(57-68-69(65,66)67-56-55-62(3,4)5)59(63)53-51-49-47-45-43-41-39-23-21-19-17-15-13-11-9-7-2/h18,20,24-25,27-28,43,45,51,53,58-59,63H,6-17,19,21-23,26,29-42,44,46-50,52,54-57H2,1-5H3,(H-,61,64,65,66)/p+1/b20-18-,25-24-,28-27-,45-43+,53-51+. The van der Waals surface area contributed by atoms with Crippen molar-refractivity contribution in [2.24, 2.45) is 0 Å². The normalized spacial score (nSPS) is 14.4. The molecule has 3 N–H and O–H groups in total. The molecule has 3 atom stereocenters. The van der Waals surface area contributed by atoms with Gasteiger partial charge in [-0.3, -0.25) is 13.8 Å². The molecule has 0 aromatic rings. The number of phosphoric ester groups is 1. The highest BCUT2D eigenvalue weighted by Gasteiger charge is 2.27. The van der Waals surface area contributed by atoms with Gasteiger partial charge >= 0.3 is 7.82 Å². The van der Waals surface area contributed by atoms with Gasteiger partial charge in [-0.1, -0.05) is 248 Å². The number of nitrogens with zero attached hydrogens (tertiary/aromatic N) is 1. The lowest BCUT2D eigenvalue weighted by Gasteiger charge is -2.25. The number of hydrogen-bond donors (Lipinski definition) is 3. The molecule has 1 amide bonds. The molecule has 0 saturated carbocycles. The zero-order valence-corrected chi connectivity index (χ0v) is 46.9. The number of carbonyl (C=O) groups excluding carboxylic acids is 1. The van der Waals surface area contributed by atoms with E-state index >= 15 is 0 Å². The second-order valence-corrected chi connectivity index (χ2v) is 22.5. The van der Waals surface area contributed by atoms with E-state index in [2.05, 4.69) is 67.8 Å². The van der Waals surface area contributed by atoms with Crippen molar-refractivity contribution in [3.63, 3.8) is 0 Å². The molecular weight excluding hydrogens is 876 g/mol. The van der Waals surface area contributed by atoms with Crippen LogP contribution in [0.5, 0.6) is 0 Å². The summed E-state index contributed by atoms with van der Waals surface area (Å²) >= 11 is 0. The summed E-state index contributed by atoms with van der Waals surface area (Å²) in [6, 6.07) is -0.864. The van der Waals surface area contributed by atoms with Crippen molar-refractivity contribution in [3.05, 3.63) is 60.8 Å². The van der Waals surface area contributed by atoms with E-state index in [1.807, 2.05) is 27.2 Å². The van der Waals surface area contributed by atoms with Crippen molar-refractivity contribution in [3.8, 4) is 0 Å². The number of amides is 1. The van der Waals surface area contributed by atoms with Gasteiger partial charge < -0.3 is 19.8 Å². The zero-order chi connectivity index (χ0) is 50.6. The molecule has 0 aromatic heterocycles. The Bertz CT molecular complexity index is 1310. The maximum absolute atomic E-state index is 13.0. The molecule has 0 heterocycles. The summed E-state index contributed by atoms with van der Waals surface area (Å²) in [4.78, 5) is 23.3. The van der Waals surface area contributed by atoms with Crippen molar-refractivity contribution in [1.82, 2.24) is 5.32 Å². The number of quaternary nitrogens is 1. The molecule has 3 unspecified atom stereocenters. The van der Waals surface area contributed by atoms with Crippen LogP contribution in [-0.4, -0.2) is 73.4 Å². The molecule has 0 radical (unpaired) electrons. The van der Waals surface area contributed by atoms with Crippen LogP contribution in [0.4, 0.5) is 0 Å². The van der Waals surface area contributed by atoms with Crippen LogP contribution < -0.4 is 5.32 Å². The first-order valence-electron chi connectivity index (χ1n) is 29.2. The van der Waals surface area contributed by atoms with Gasteiger partial charge in [-0.25, -0.2) is 4.57 Å². The molecule has 0 spiro atoms. The Hall–Kier alpha value is -1.80. The molecule has 0 bridgehead atoms. The van der Waals surface area contributed by atoms with Crippen molar-refractivity contribution < 1.29 is 32.9 Å². The van der Waals surface area contributed by atoms with Crippen LogP contribution in [0.3, 0.4) is 0 Å². The number of likely N-dealkylation sites (N-methyl/N-ethyl adjacent to an activating group) is 1. The third-order valence-corrected chi connectivity index (χ3v) is 13.9. The number of aliphatic hydroxyl groups is 1. The minimum atomic E-state index is -4.35. The summed E-state index contributed by atoms with van der Waals surface area (Å²) in [7, 11) is 1.56. The van der Waals surface area contributed by atoms with Gasteiger partial charge in [0.05, 0.1) is 39.9 Å². The lowest BCUT2D eigenvalue weighted by Crippen LogP contribution is -2.45. The van der Waals surface area contributed by atoms with Crippen molar-refractivity contribution in [1.29, 1.82) is 0 Å². The van der Waals surface area contributed by atoms with E-state index in [0.29, 0.717) is 17.4 Å². The number of nitrogens with one attached hydrogen (secondary N) is 1. The first-order chi connectivity index (χ1) is 33.5. The van der Waals surface area contributed by atoms with Crippen LogP contribution in [-0.2, 0) is 18.4 Å². The lowest BCUT2D eigenvalue weighted by molar-refractivity contribution is -0.870. The second-order valence-electron chi connectivity index (χ2n) is 21.0. The van der Waals surface area contributed by atoms with Crippen LogP contribution >= 0.6 is 7.82 Å². The Kier molecular flexibility index (Phi) is 49.8. The quantitative estimate of drug-likeness (QED) is 0.0243. The lowest BCUT2D eigenvalue weighted by atomic mass is 10.0. The van der Waals surface area contributed by atoms with Gasteiger partial charge in [-0.2, -0.15) is 0 Å². The summed E-state index contributed by atoms with van der Waals surface area (Å²) < 4.78 is 23.7. The number of unbranched alkanes of at least 4 members (excludes halogenated alkanes) is 32. The third-order valence-electron chi connectivity index (χ3n) is 13.0. The molecule has 0 saturated heterocycles. The summed E-state index contributed by atoms with van der Waals surface area (Å²) in [6.45, 7) is 4.80. The maximum atomic E-state index is 13.0. The summed E-state index contributed by atoms with van der Waals surface area (Å²) in [5, 5.41) is 13.9. The number of rotatable bonds is 53. The van der Waals surface area contributed by atoms with E-state index in [4.69, 9.17) is 9.05 Å². The van der Waals surface area contributed by atoms with Crippen molar-refractivity contribution >= 4 is 13.7 Å². The molecule has 0 aliphatic rings. The zero-order valence-electron chi connectivity index (χ0n) is 46.0. The van der Waals surface area contributed by atoms with E-state index in [1.165, 1.54) is 193 Å². The second kappa shape index (κ2) is 51.1. The van der Waals surface area contributed by atoms with E-state index in [-0.39, 0.29) is 19.1 Å². The van der Waals surface area contributed by atoms with Gasteiger partial charge in [0, 0.05) is 6.42 Å². The largest absolute Gasteiger partial charge is 0.472 e. The van der Waals surface area contributed by atoms with Crippen LogP contribution in [0.2, 0.25) is 0 Å². The molecule has 0 rings (SSSR count). The van der Waals surface area contributed by atoms with Gasteiger partial charge in [0.1, 0.15) is 13.2 Å². The highest BCUT2D eigenvalue weighted by molar-refractivity contribution is 7.47. The van der Waals surface area contributed by atoms with Crippen LogP contribution in [0.25, 0.3) is 0 Å². The predicted octanol–water partition coefficient (Wildman–Crippen LogP) is 17.7. The van der Waals surface area contributed by atoms with Gasteiger partial charge in [-0.15, -0.1) is 0 Å². The fraction of sp³-hybridized carbons (Fsp3) is 0.817. The van der Waals surface area contributed by atoms with Gasteiger partial charge in [0.2, 0.25) is 5.91 Å². The molecule has 9 heteroatoms. The smallest absolute Gasteiger partial charge is 0.387 e. The SMILES string of the molecule is CCCCCCC/C=C\C/C=C\C/C=C\CCCCCCCCCCCCCCCCCCC(=O)NC(COP(=O)(O)OCC[N+](C)(C)C)C(O)/C=C/CC/C=C/CCCCCCCCCCCC. The Morgan fingerprint density at radius 3 is 1.26 bits per heavy atom. The summed E-state index contributed by atoms with van der Waals surface area (Å²) in [5.41, 5.74) is 0. The molecule has 8 nitrogen and oxygen atoms in total. The Balaban J connectivity index is 4.13. The van der Waals surface area contributed by atoms with E-state index in [9.17, 15) is 19.4 Å². The molecular formula is C60H114N2O6P+. The molecule has 69 heavy (non-hydrogen) atoms. The van der Waals surface area contributed by atoms with Crippen molar-refractivity contribution in [2.45, 2.75) is 276 Å². The molecule has 404 valence electrons. The topological polar surface area (TPSA) is 105 Å². The first-order valence-corrected chi connectivity index (χ1v) is 30.7. The Labute approximate surface area is 428 Å². The first kappa shape index (κ1) is 67.2. The molecule has 0 fully saturated rings. The fourth-order valence-electron chi connectivity index (χ4n) is 8.36. The molecule has 0 aliphatic carbocycles. The number of hydrogen-bond acceptors (Lipinski definition) is 5. The maximum Gasteiger partial charge on any atom is 0.472 e. The molecule has 0 aliphatic heterocycles. The number of carbonyl (C=O) groups is 1. The highest BCUT2D eigenvalue weighted by atomic mass is 31.2. The van der Waals surface area contributed by atoms with E-state index < -0.39 is 20.0 Å². The van der Waals surface area contributed by atoms with Gasteiger partial charge in [-0.05, 0) is 70.6 Å². The van der Waals surface area contributed by atoms with E-state index in [0.717, 1.165) is 51.4 Å². The van der Waals surface area contributed by atoms with Gasteiger partial charge in [0.15, 0.2) is 0 Å². The van der Waals surface area contributed by atoms with E-state index in [1.54, 1.807) is 6.08 Å². The van der Waals surface area contributed by atoms with Gasteiger partial charge in [0.25, 0.3) is 0 Å². The average molecular weight is 991 g/mol. The van der Waals surface area contributed by atoms with Crippen LogP contribution in [0.1, 0.15) is 264 Å². The Morgan fingerprint density at radius 1 is 0.493 bits per heavy atom. The number of aliphatic hydroxyl groups excluding tert-OH is 1. The minimum absolute atomic E-state index is 0.0554.